The molecule has 0 bridgehead atoms. The van der Waals surface area contributed by atoms with Crippen LogP contribution in [-0.4, -0.2) is 50.3 Å². The van der Waals surface area contributed by atoms with Gasteiger partial charge in [-0.3, -0.25) is 9.48 Å². The first-order valence-corrected chi connectivity index (χ1v) is 11.0. The first-order valence-electron chi connectivity index (χ1n) is 10.7. The summed E-state index contributed by atoms with van der Waals surface area (Å²) in [5.41, 5.74) is 0.865. The van der Waals surface area contributed by atoms with Gasteiger partial charge in [-0.2, -0.15) is 23.4 Å². The number of nitrogens with zero attached hydrogens (tertiary/aromatic N) is 4. The van der Waals surface area contributed by atoms with Crippen LogP contribution < -0.4 is 0 Å². The van der Waals surface area contributed by atoms with E-state index < -0.39 is 41.1 Å². The van der Waals surface area contributed by atoms with E-state index in [-0.39, 0.29) is 25.1 Å². The molecule has 2 aromatic heterocycles. The highest BCUT2D eigenvalue weighted by molar-refractivity contribution is 6.32. The fraction of sp³-hybridized carbons (Fsp3) is 0.348. The molecule has 3 heterocycles. The summed E-state index contributed by atoms with van der Waals surface area (Å²) < 4.78 is 61.6. The van der Waals surface area contributed by atoms with E-state index in [0.29, 0.717) is 23.6 Å². The SMILES string of the molecule is Cc1c(Cl)c(C(F)(F)F)nn1C(CCO)C(=O)Cc1cnn(-c2cccc(F)c2)c1C1=CCOC1. The van der Waals surface area contributed by atoms with Gasteiger partial charge in [0.1, 0.15) is 11.9 Å². The van der Waals surface area contributed by atoms with Crippen molar-refractivity contribution in [1.82, 2.24) is 19.6 Å². The molecule has 35 heavy (non-hydrogen) atoms. The number of carbonyl (C=O) groups excluding carboxylic acids is 1. The monoisotopic (exact) mass is 512 g/mol. The Morgan fingerprint density at radius 2 is 2.11 bits per heavy atom. The number of ether oxygens (including phenoxy) is 1. The molecule has 0 spiro atoms. The molecular formula is C23H21ClF4N4O3. The third kappa shape index (κ3) is 5.02. The number of aromatic nitrogens is 4. The maximum Gasteiger partial charge on any atom is 0.436 e. The highest BCUT2D eigenvalue weighted by Gasteiger charge is 2.39. The van der Waals surface area contributed by atoms with Crippen LogP contribution in [0.15, 0.2) is 36.5 Å². The minimum Gasteiger partial charge on any atom is -0.396 e. The van der Waals surface area contributed by atoms with Gasteiger partial charge >= 0.3 is 6.18 Å². The van der Waals surface area contributed by atoms with Crippen LogP contribution >= 0.6 is 11.6 Å². The van der Waals surface area contributed by atoms with E-state index in [1.165, 1.54) is 36.0 Å². The zero-order valence-corrected chi connectivity index (χ0v) is 19.3. The van der Waals surface area contributed by atoms with Gasteiger partial charge in [-0.25, -0.2) is 9.07 Å². The third-order valence-electron chi connectivity index (χ3n) is 5.69. The van der Waals surface area contributed by atoms with Crippen LogP contribution in [0.1, 0.15) is 35.1 Å². The molecule has 4 rings (SSSR count). The molecule has 1 N–H and O–H groups in total. The van der Waals surface area contributed by atoms with Crippen LogP contribution in [0.2, 0.25) is 5.02 Å². The summed E-state index contributed by atoms with van der Waals surface area (Å²) in [5.74, 6) is -0.956. The van der Waals surface area contributed by atoms with Crippen molar-refractivity contribution in [3.63, 3.8) is 0 Å². The second-order valence-electron chi connectivity index (χ2n) is 8.02. The number of alkyl halides is 3. The summed E-state index contributed by atoms with van der Waals surface area (Å²) >= 11 is 5.86. The molecule has 0 amide bonds. The molecule has 1 atom stereocenters. The molecule has 0 radical (unpaired) electrons. The van der Waals surface area contributed by atoms with Crippen LogP contribution in [0.5, 0.6) is 0 Å². The van der Waals surface area contributed by atoms with Gasteiger partial charge in [0.15, 0.2) is 11.5 Å². The molecule has 1 aromatic carbocycles. The van der Waals surface area contributed by atoms with Crippen LogP contribution in [0.3, 0.4) is 0 Å². The molecule has 7 nitrogen and oxygen atoms in total. The van der Waals surface area contributed by atoms with Crippen molar-refractivity contribution in [2.24, 2.45) is 0 Å². The van der Waals surface area contributed by atoms with Crippen LogP contribution in [0.4, 0.5) is 17.6 Å². The zero-order chi connectivity index (χ0) is 25.3. The first-order chi connectivity index (χ1) is 16.6. The van der Waals surface area contributed by atoms with E-state index in [1.54, 1.807) is 6.07 Å². The fourth-order valence-corrected chi connectivity index (χ4v) is 4.27. The van der Waals surface area contributed by atoms with Crippen molar-refractivity contribution in [2.45, 2.75) is 32.0 Å². The second-order valence-corrected chi connectivity index (χ2v) is 8.39. The highest BCUT2D eigenvalue weighted by atomic mass is 35.5. The van der Waals surface area contributed by atoms with E-state index in [9.17, 15) is 27.5 Å². The van der Waals surface area contributed by atoms with Gasteiger partial charge in [-0.15, -0.1) is 0 Å². The Hall–Kier alpha value is -3.02. The molecule has 0 saturated heterocycles. The summed E-state index contributed by atoms with van der Waals surface area (Å²) in [6.07, 6.45) is -1.90. The maximum atomic E-state index is 13.9. The van der Waals surface area contributed by atoms with E-state index in [2.05, 4.69) is 10.2 Å². The Bertz CT molecular complexity index is 1280. The number of hydrogen-bond donors (Lipinski definition) is 1. The lowest BCUT2D eigenvalue weighted by molar-refractivity contribution is -0.141. The normalized spacial score (nSPS) is 14.9. The molecule has 186 valence electrons. The van der Waals surface area contributed by atoms with Crippen molar-refractivity contribution in [3.8, 4) is 5.69 Å². The van der Waals surface area contributed by atoms with E-state index in [1.807, 2.05) is 6.08 Å². The van der Waals surface area contributed by atoms with Gasteiger partial charge in [-0.1, -0.05) is 23.7 Å². The molecule has 0 aliphatic carbocycles. The maximum absolute atomic E-state index is 13.9. The van der Waals surface area contributed by atoms with E-state index in [0.717, 1.165) is 10.3 Å². The fourth-order valence-electron chi connectivity index (χ4n) is 4.04. The predicted octanol–water partition coefficient (Wildman–Crippen LogP) is 4.34. The number of benzene rings is 1. The van der Waals surface area contributed by atoms with Crippen LogP contribution in [-0.2, 0) is 22.1 Å². The van der Waals surface area contributed by atoms with Gasteiger partial charge in [-0.05, 0) is 31.5 Å². The van der Waals surface area contributed by atoms with Crippen molar-refractivity contribution in [2.75, 3.05) is 19.8 Å². The second kappa shape index (κ2) is 9.92. The van der Waals surface area contributed by atoms with Gasteiger partial charge < -0.3 is 9.84 Å². The lowest BCUT2D eigenvalue weighted by Gasteiger charge is -2.18. The van der Waals surface area contributed by atoms with Gasteiger partial charge in [0.2, 0.25) is 0 Å². The largest absolute Gasteiger partial charge is 0.436 e. The number of hydrogen-bond acceptors (Lipinski definition) is 5. The summed E-state index contributed by atoms with van der Waals surface area (Å²) in [4.78, 5) is 13.3. The third-order valence-corrected chi connectivity index (χ3v) is 6.14. The number of halogens is 5. The quantitative estimate of drug-likeness (QED) is 0.454. The molecule has 1 aliphatic rings. The molecule has 0 fully saturated rings. The molecule has 1 aliphatic heterocycles. The highest BCUT2D eigenvalue weighted by Crippen LogP contribution is 2.37. The molecule has 3 aromatic rings. The summed E-state index contributed by atoms with van der Waals surface area (Å²) in [7, 11) is 0. The lowest BCUT2D eigenvalue weighted by Crippen LogP contribution is -2.25. The van der Waals surface area contributed by atoms with Gasteiger partial charge in [0.25, 0.3) is 0 Å². The Labute approximate surface area is 202 Å². The molecule has 12 heteroatoms. The summed E-state index contributed by atoms with van der Waals surface area (Å²) in [5, 5.41) is 16.8. The average molecular weight is 513 g/mol. The summed E-state index contributed by atoms with van der Waals surface area (Å²) in [6, 6.07) is 4.58. The number of carbonyl (C=O) groups is 1. The zero-order valence-electron chi connectivity index (χ0n) is 18.5. The van der Waals surface area contributed by atoms with Crippen molar-refractivity contribution >= 4 is 23.0 Å². The average Bonchev–Trinajstić information content (AvgIpc) is 3.52. The van der Waals surface area contributed by atoms with E-state index in [4.69, 9.17) is 16.3 Å². The number of ketones is 1. The van der Waals surface area contributed by atoms with Crippen LogP contribution in [0, 0.1) is 12.7 Å². The molecular weight excluding hydrogens is 492 g/mol. The predicted molar refractivity (Wildman–Crippen MR) is 119 cm³/mol. The smallest absolute Gasteiger partial charge is 0.396 e. The number of Topliss-reactive ketones (excluding diaryl/α,β-unsaturated/α-hetero) is 1. The minimum absolute atomic E-state index is 0.0339. The number of aliphatic hydroxyl groups is 1. The Morgan fingerprint density at radius 1 is 1.34 bits per heavy atom. The Morgan fingerprint density at radius 3 is 2.71 bits per heavy atom. The van der Waals surface area contributed by atoms with E-state index >= 15 is 0 Å². The molecule has 1 unspecified atom stereocenters. The molecule has 0 saturated carbocycles. The number of aliphatic hydroxyl groups excluding tert-OH is 1. The lowest BCUT2D eigenvalue weighted by atomic mass is 9.99. The first kappa shape index (κ1) is 25.1. The van der Waals surface area contributed by atoms with Crippen molar-refractivity contribution < 1.29 is 32.2 Å². The minimum atomic E-state index is -4.80. The topological polar surface area (TPSA) is 82.2 Å². The standard InChI is InChI=1S/C23H21ClF4N4O3/c1-13-20(24)22(23(26,27)28)30-31(13)18(5-7-33)19(34)9-15-11-29-32(17-4-2-3-16(25)10-17)21(15)14-6-8-35-12-14/h2-4,6,10-11,18,33H,5,7-9,12H2,1H3. The summed E-state index contributed by atoms with van der Waals surface area (Å²) in [6.45, 7) is 1.49. The number of rotatable bonds is 8. The van der Waals surface area contributed by atoms with Gasteiger partial charge in [0, 0.05) is 24.2 Å². The van der Waals surface area contributed by atoms with Crippen LogP contribution in [0.25, 0.3) is 11.3 Å². The van der Waals surface area contributed by atoms with Crippen molar-refractivity contribution in [1.29, 1.82) is 0 Å². The Kier molecular flexibility index (Phi) is 7.11. The van der Waals surface area contributed by atoms with Crippen molar-refractivity contribution in [3.05, 3.63) is 70.0 Å². The van der Waals surface area contributed by atoms with Gasteiger partial charge in [0.05, 0.1) is 41.5 Å². The Balaban J connectivity index is 1.72.